The van der Waals surface area contributed by atoms with Crippen molar-refractivity contribution in [2.24, 2.45) is 0 Å². The van der Waals surface area contributed by atoms with Crippen molar-refractivity contribution in [1.82, 2.24) is 0 Å². The lowest BCUT2D eigenvalue weighted by atomic mass is 9.95. The van der Waals surface area contributed by atoms with E-state index in [1.54, 1.807) is 0 Å². The molecule has 110 valence electrons. The molecule has 2 unspecified atom stereocenters. The third-order valence-corrected chi connectivity index (χ3v) is 4.13. The summed E-state index contributed by atoms with van der Waals surface area (Å²) >= 11 is 0. The molecule has 0 saturated heterocycles. The fourth-order valence-corrected chi connectivity index (χ4v) is 2.91. The Morgan fingerprint density at radius 1 is 0.857 bits per heavy atom. The monoisotopic (exact) mass is 282 g/mol. The summed E-state index contributed by atoms with van der Waals surface area (Å²) in [5.74, 6) is 0.859. The molecule has 0 heterocycles. The molecule has 2 aromatic rings. The van der Waals surface area contributed by atoms with Gasteiger partial charge in [0.05, 0.1) is 6.10 Å². The molecule has 0 aliphatic heterocycles. The van der Waals surface area contributed by atoms with Gasteiger partial charge in [0.1, 0.15) is 11.9 Å². The zero-order valence-corrected chi connectivity index (χ0v) is 12.2. The Hall–Kier alpha value is -1.80. The summed E-state index contributed by atoms with van der Waals surface area (Å²) in [6.45, 7) is 0. The molecule has 1 N–H and O–H groups in total. The van der Waals surface area contributed by atoms with Gasteiger partial charge in [-0.2, -0.15) is 0 Å². The number of rotatable bonds is 4. The van der Waals surface area contributed by atoms with E-state index in [1.165, 1.54) is 11.1 Å². The molecule has 2 heteroatoms. The van der Waals surface area contributed by atoms with Crippen LogP contribution in [0.15, 0.2) is 54.6 Å². The van der Waals surface area contributed by atoms with Crippen LogP contribution in [0, 0.1) is 0 Å². The van der Waals surface area contributed by atoms with Crippen LogP contribution in [-0.2, 0) is 6.42 Å². The lowest BCUT2D eigenvalue weighted by molar-refractivity contribution is 0.00687. The van der Waals surface area contributed by atoms with E-state index < -0.39 is 0 Å². The number of hydrogen-bond donors (Lipinski definition) is 1. The molecule has 1 saturated carbocycles. The Balaban J connectivity index is 1.61. The van der Waals surface area contributed by atoms with Crippen molar-refractivity contribution in [3.05, 3.63) is 65.7 Å². The summed E-state index contributed by atoms with van der Waals surface area (Å²) in [5.41, 5.74) is 2.59. The molecule has 0 spiro atoms. The Morgan fingerprint density at radius 2 is 1.52 bits per heavy atom. The lowest BCUT2D eigenvalue weighted by Gasteiger charge is -2.28. The molecule has 21 heavy (non-hydrogen) atoms. The second kappa shape index (κ2) is 6.77. The molecule has 0 radical (unpaired) electrons. The summed E-state index contributed by atoms with van der Waals surface area (Å²) in [4.78, 5) is 0. The van der Waals surface area contributed by atoms with Crippen LogP contribution in [0.2, 0.25) is 0 Å². The first-order valence-corrected chi connectivity index (χ1v) is 7.79. The van der Waals surface area contributed by atoms with Gasteiger partial charge in [0.2, 0.25) is 0 Å². The second-order valence-electron chi connectivity index (χ2n) is 5.81. The summed E-state index contributed by atoms with van der Waals surface area (Å²) in [6, 6.07) is 18.7. The Labute approximate surface area is 126 Å². The molecule has 1 aliphatic rings. The SMILES string of the molecule is OC1CCCCC1Oc1ccc(Cc2ccccc2)cc1. The highest BCUT2D eigenvalue weighted by Crippen LogP contribution is 2.24. The topological polar surface area (TPSA) is 29.5 Å². The molecule has 1 aliphatic carbocycles. The molecule has 0 aromatic heterocycles. The molecule has 0 amide bonds. The first kappa shape index (κ1) is 14.2. The van der Waals surface area contributed by atoms with Gasteiger partial charge in [0.15, 0.2) is 0 Å². The van der Waals surface area contributed by atoms with Crippen LogP contribution in [0.1, 0.15) is 36.8 Å². The Morgan fingerprint density at radius 3 is 2.24 bits per heavy atom. The summed E-state index contributed by atoms with van der Waals surface area (Å²) < 4.78 is 5.92. The van der Waals surface area contributed by atoms with E-state index in [9.17, 15) is 5.11 Å². The normalized spacial score (nSPS) is 22.0. The van der Waals surface area contributed by atoms with Crippen molar-refractivity contribution in [2.75, 3.05) is 0 Å². The first-order valence-electron chi connectivity index (χ1n) is 7.79. The van der Waals surface area contributed by atoms with Crippen molar-refractivity contribution >= 4 is 0 Å². The quantitative estimate of drug-likeness (QED) is 0.919. The van der Waals surface area contributed by atoms with Crippen LogP contribution in [-0.4, -0.2) is 17.3 Å². The van der Waals surface area contributed by atoms with Gasteiger partial charge in [-0.25, -0.2) is 0 Å². The third-order valence-electron chi connectivity index (χ3n) is 4.13. The molecular formula is C19H22O2. The van der Waals surface area contributed by atoms with Crippen LogP contribution in [0.25, 0.3) is 0 Å². The molecule has 2 nitrogen and oxygen atoms in total. The summed E-state index contributed by atoms with van der Waals surface area (Å²) in [7, 11) is 0. The van der Waals surface area contributed by atoms with Crippen LogP contribution < -0.4 is 4.74 Å². The summed E-state index contributed by atoms with van der Waals surface area (Å²) in [5, 5.41) is 9.95. The fraction of sp³-hybridized carbons (Fsp3) is 0.368. The van der Waals surface area contributed by atoms with Crippen LogP contribution >= 0.6 is 0 Å². The van der Waals surface area contributed by atoms with Gasteiger partial charge in [0.25, 0.3) is 0 Å². The van der Waals surface area contributed by atoms with Gasteiger partial charge in [-0.3, -0.25) is 0 Å². The van der Waals surface area contributed by atoms with Crippen LogP contribution in [0.3, 0.4) is 0 Å². The van der Waals surface area contributed by atoms with E-state index >= 15 is 0 Å². The Bertz CT molecular complexity index is 548. The predicted octanol–water partition coefficient (Wildman–Crippen LogP) is 3.96. The fourth-order valence-electron chi connectivity index (χ4n) is 2.91. The highest BCUT2D eigenvalue weighted by molar-refractivity contribution is 5.31. The maximum atomic E-state index is 9.95. The van der Waals surface area contributed by atoms with E-state index in [4.69, 9.17) is 4.74 Å². The van der Waals surface area contributed by atoms with Crippen molar-refractivity contribution < 1.29 is 9.84 Å². The number of ether oxygens (including phenoxy) is 1. The minimum absolute atomic E-state index is 0.0428. The molecule has 2 atom stereocenters. The predicted molar refractivity (Wildman–Crippen MR) is 84.6 cm³/mol. The van der Waals surface area contributed by atoms with Gasteiger partial charge in [0, 0.05) is 0 Å². The van der Waals surface area contributed by atoms with Gasteiger partial charge in [-0.15, -0.1) is 0 Å². The minimum atomic E-state index is -0.317. The van der Waals surface area contributed by atoms with E-state index in [-0.39, 0.29) is 12.2 Å². The number of hydrogen-bond acceptors (Lipinski definition) is 2. The number of aliphatic hydroxyl groups excluding tert-OH is 1. The van der Waals surface area contributed by atoms with Crippen LogP contribution in [0.5, 0.6) is 5.75 Å². The van der Waals surface area contributed by atoms with Crippen molar-refractivity contribution in [1.29, 1.82) is 0 Å². The third kappa shape index (κ3) is 3.85. The number of aliphatic hydroxyl groups is 1. The van der Waals surface area contributed by atoms with E-state index in [1.807, 2.05) is 18.2 Å². The van der Waals surface area contributed by atoms with Gasteiger partial charge < -0.3 is 9.84 Å². The minimum Gasteiger partial charge on any atom is -0.488 e. The van der Waals surface area contributed by atoms with E-state index in [0.717, 1.165) is 37.9 Å². The molecule has 1 fully saturated rings. The lowest BCUT2D eigenvalue weighted by Crippen LogP contribution is -2.34. The largest absolute Gasteiger partial charge is 0.488 e. The average molecular weight is 282 g/mol. The highest BCUT2D eigenvalue weighted by atomic mass is 16.5. The second-order valence-corrected chi connectivity index (χ2v) is 5.81. The van der Waals surface area contributed by atoms with Crippen molar-refractivity contribution in [3.8, 4) is 5.75 Å². The maximum Gasteiger partial charge on any atom is 0.124 e. The molecular weight excluding hydrogens is 260 g/mol. The van der Waals surface area contributed by atoms with Gasteiger partial charge in [-0.05, 0) is 48.9 Å². The smallest absolute Gasteiger partial charge is 0.124 e. The number of benzene rings is 2. The zero-order chi connectivity index (χ0) is 14.5. The van der Waals surface area contributed by atoms with Crippen LogP contribution in [0.4, 0.5) is 0 Å². The molecule has 0 bridgehead atoms. The van der Waals surface area contributed by atoms with Crippen molar-refractivity contribution in [3.63, 3.8) is 0 Å². The first-order chi connectivity index (χ1) is 10.3. The van der Waals surface area contributed by atoms with E-state index in [2.05, 4.69) is 36.4 Å². The summed E-state index contributed by atoms with van der Waals surface area (Å²) in [6.07, 6.45) is 4.64. The van der Waals surface area contributed by atoms with Gasteiger partial charge >= 0.3 is 0 Å². The highest BCUT2D eigenvalue weighted by Gasteiger charge is 2.24. The van der Waals surface area contributed by atoms with E-state index in [0.29, 0.717) is 0 Å². The Kier molecular flexibility index (Phi) is 4.56. The van der Waals surface area contributed by atoms with Crippen molar-refractivity contribution in [2.45, 2.75) is 44.3 Å². The standard InChI is InChI=1S/C19H22O2/c20-18-8-4-5-9-19(18)21-17-12-10-16(11-13-17)14-15-6-2-1-3-7-15/h1-3,6-7,10-13,18-20H,4-5,8-9,14H2. The maximum absolute atomic E-state index is 9.95. The zero-order valence-electron chi connectivity index (χ0n) is 12.2. The van der Waals surface area contributed by atoms with Gasteiger partial charge in [-0.1, -0.05) is 48.9 Å². The molecule has 3 rings (SSSR count). The molecule has 2 aromatic carbocycles. The average Bonchev–Trinajstić information content (AvgIpc) is 2.52.